The lowest BCUT2D eigenvalue weighted by Crippen LogP contribution is -2.12. The van der Waals surface area contributed by atoms with E-state index in [9.17, 15) is 0 Å². The molecule has 3 nitrogen and oxygen atoms in total. The van der Waals surface area contributed by atoms with Crippen molar-refractivity contribution in [1.82, 2.24) is 9.97 Å². The molecular formula is C15H24IN3. The van der Waals surface area contributed by atoms with Crippen LogP contribution in [0.4, 0.5) is 5.82 Å². The van der Waals surface area contributed by atoms with E-state index in [1.165, 1.54) is 22.1 Å². The van der Waals surface area contributed by atoms with Crippen LogP contribution in [-0.2, 0) is 0 Å². The van der Waals surface area contributed by atoms with Gasteiger partial charge in [0.2, 0.25) is 0 Å². The van der Waals surface area contributed by atoms with E-state index in [0.29, 0.717) is 11.8 Å². The molecule has 1 heterocycles. The van der Waals surface area contributed by atoms with Crippen molar-refractivity contribution < 1.29 is 0 Å². The summed E-state index contributed by atoms with van der Waals surface area (Å²) in [5.41, 5.74) is 1.29. The van der Waals surface area contributed by atoms with Crippen molar-refractivity contribution in [2.45, 2.75) is 64.7 Å². The summed E-state index contributed by atoms with van der Waals surface area (Å²) in [7, 11) is 0. The maximum Gasteiger partial charge on any atom is 0.143 e. The first kappa shape index (κ1) is 15.0. The largest absolute Gasteiger partial charge is 0.369 e. The minimum Gasteiger partial charge on any atom is -0.369 e. The predicted molar refractivity (Wildman–Crippen MR) is 88.8 cm³/mol. The fraction of sp³-hybridized carbons (Fsp3) is 0.733. The topological polar surface area (TPSA) is 37.8 Å². The van der Waals surface area contributed by atoms with Crippen molar-refractivity contribution in [3.05, 3.63) is 15.1 Å². The van der Waals surface area contributed by atoms with E-state index in [0.717, 1.165) is 37.4 Å². The third-order valence-corrected chi connectivity index (χ3v) is 4.81. The number of anilines is 1. The van der Waals surface area contributed by atoms with E-state index >= 15 is 0 Å². The molecule has 0 aromatic carbocycles. The molecule has 1 fully saturated rings. The van der Waals surface area contributed by atoms with Gasteiger partial charge in [0.05, 0.1) is 9.26 Å². The van der Waals surface area contributed by atoms with E-state index < -0.39 is 0 Å². The van der Waals surface area contributed by atoms with Gasteiger partial charge in [-0.1, -0.05) is 20.8 Å². The number of aromatic nitrogens is 2. The van der Waals surface area contributed by atoms with Gasteiger partial charge in [-0.15, -0.1) is 0 Å². The number of hydrogen-bond acceptors (Lipinski definition) is 3. The number of rotatable bonds is 7. The first-order valence-corrected chi connectivity index (χ1v) is 8.60. The first-order chi connectivity index (χ1) is 9.21. The Kier molecular flexibility index (Phi) is 5.42. The number of halogens is 1. The third kappa shape index (κ3) is 3.58. The van der Waals surface area contributed by atoms with Crippen molar-refractivity contribution in [3.8, 4) is 0 Å². The van der Waals surface area contributed by atoms with Crippen LogP contribution >= 0.6 is 22.6 Å². The molecule has 4 heteroatoms. The maximum absolute atomic E-state index is 4.89. The minimum atomic E-state index is 0.497. The summed E-state index contributed by atoms with van der Waals surface area (Å²) in [6, 6.07) is 0. The van der Waals surface area contributed by atoms with Crippen molar-refractivity contribution in [1.29, 1.82) is 0 Å². The number of nitrogens with one attached hydrogen (secondary N) is 1. The van der Waals surface area contributed by atoms with Crippen LogP contribution in [0.1, 0.15) is 76.2 Å². The molecule has 0 bridgehead atoms. The Morgan fingerprint density at radius 1 is 1.21 bits per heavy atom. The Labute approximate surface area is 130 Å². The van der Waals surface area contributed by atoms with Crippen LogP contribution in [0.5, 0.6) is 0 Å². The van der Waals surface area contributed by atoms with Crippen LogP contribution < -0.4 is 5.32 Å². The van der Waals surface area contributed by atoms with Crippen molar-refractivity contribution in [2.75, 3.05) is 11.9 Å². The normalized spacial score (nSPS) is 15.0. The predicted octanol–water partition coefficient (Wildman–Crippen LogP) is 4.68. The summed E-state index contributed by atoms with van der Waals surface area (Å²) in [6.45, 7) is 7.63. The van der Waals surface area contributed by atoms with Gasteiger partial charge in [0.25, 0.3) is 0 Å². The molecule has 0 spiro atoms. The summed E-state index contributed by atoms with van der Waals surface area (Å²) < 4.78 is 1.24. The quantitative estimate of drug-likeness (QED) is 0.705. The van der Waals surface area contributed by atoms with Crippen LogP contribution in [0.15, 0.2) is 0 Å². The van der Waals surface area contributed by atoms with Crippen molar-refractivity contribution in [2.24, 2.45) is 0 Å². The van der Waals surface area contributed by atoms with Crippen molar-refractivity contribution in [3.63, 3.8) is 0 Å². The van der Waals surface area contributed by atoms with Gasteiger partial charge in [0, 0.05) is 18.4 Å². The monoisotopic (exact) mass is 373 g/mol. The standard InChI is InChI=1S/C15H24IN3/c1-4-9-17-15-12(16)13(11-7-8-11)18-14(19-15)10(5-2)6-3/h10-11H,4-9H2,1-3H3,(H,17,18,19). The molecule has 1 saturated carbocycles. The van der Waals surface area contributed by atoms with E-state index in [1.807, 2.05) is 0 Å². The molecule has 1 aliphatic rings. The highest BCUT2D eigenvalue weighted by molar-refractivity contribution is 14.1. The van der Waals surface area contributed by atoms with E-state index in [2.05, 4.69) is 48.7 Å². The van der Waals surface area contributed by atoms with Gasteiger partial charge < -0.3 is 5.32 Å². The average molecular weight is 373 g/mol. The lowest BCUT2D eigenvalue weighted by molar-refractivity contribution is 0.597. The molecule has 0 aliphatic heterocycles. The lowest BCUT2D eigenvalue weighted by atomic mass is 10.0. The van der Waals surface area contributed by atoms with Gasteiger partial charge in [-0.2, -0.15) is 0 Å². The molecular weight excluding hydrogens is 349 g/mol. The molecule has 0 amide bonds. The minimum absolute atomic E-state index is 0.497. The molecule has 1 N–H and O–H groups in total. The highest BCUT2D eigenvalue weighted by Crippen LogP contribution is 2.42. The first-order valence-electron chi connectivity index (χ1n) is 7.52. The molecule has 19 heavy (non-hydrogen) atoms. The molecule has 106 valence electrons. The molecule has 2 rings (SSSR count). The molecule has 0 unspecified atom stereocenters. The molecule has 0 atom stereocenters. The van der Waals surface area contributed by atoms with Crippen LogP contribution in [0.25, 0.3) is 0 Å². The smallest absolute Gasteiger partial charge is 0.143 e. The van der Waals surface area contributed by atoms with Gasteiger partial charge in [-0.25, -0.2) is 9.97 Å². The van der Waals surface area contributed by atoms with Gasteiger partial charge in [-0.05, 0) is 54.7 Å². The van der Waals surface area contributed by atoms with Crippen LogP contribution in [0.2, 0.25) is 0 Å². The second-order valence-corrected chi connectivity index (χ2v) is 6.42. The fourth-order valence-corrected chi connectivity index (χ4v) is 3.18. The van der Waals surface area contributed by atoms with Gasteiger partial charge in [0.15, 0.2) is 0 Å². The Morgan fingerprint density at radius 2 is 1.89 bits per heavy atom. The van der Waals surface area contributed by atoms with Crippen molar-refractivity contribution >= 4 is 28.4 Å². The second kappa shape index (κ2) is 6.86. The highest BCUT2D eigenvalue weighted by atomic mass is 127. The summed E-state index contributed by atoms with van der Waals surface area (Å²) in [5, 5.41) is 3.47. The highest BCUT2D eigenvalue weighted by Gasteiger charge is 2.30. The molecule has 0 radical (unpaired) electrons. The summed E-state index contributed by atoms with van der Waals surface area (Å²) >= 11 is 2.41. The summed E-state index contributed by atoms with van der Waals surface area (Å²) in [4.78, 5) is 9.68. The zero-order valence-corrected chi connectivity index (χ0v) is 14.3. The summed E-state index contributed by atoms with van der Waals surface area (Å²) in [5.74, 6) is 3.29. The van der Waals surface area contributed by atoms with Gasteiger partial charge in [-0.3, -0.25) is 0 Å². The van der Waals surface area contributed by atoms with Crippen LogP contribution in [-0.4, -0.2) is 16.5 Å². The Hall–Kier alpha value is -0.390. The Morgan fingerprint density at radius 3 is 2.42 bits per heavy atom. The molecule has 1 aromatic rings. The summed E-state index contributed by atoms with van der Waals surface area (Å²) in [6.07, 6.45) is 5.95. The Balaban J connectivity index is 2.35. The molecule has 0 saturated heterocycles. The second-order valence-electron chi connectivity index (χ2n) is 5.34. The number of hydrogen-bond donors (Lipinski definition) is 1. The van der Waals surface area contributed by atoms with Crippen LogP contribution in [0.3, 0.4) is 0 Å². The Bertz CT molecular complexity index is 426. The maximum atomic E-state index is 4.89. The third-order valence-electron chi connectivity index (χ3n) is 3.75. The molecule has 1 aliphatic carbocycles. The van der Waals surface area contributed by atoms with E-state index in [1.54, 1.807) is 0 Å². The molecule has 1 aromatic heterocycles. The van der Waals surface area contributed by atoms with E-state index in [-0.39, 0.29) is 0 Å². The van der Waals surface area contributed by atoms with E-state index in [4.69, 9.17) is 9.97 Å². The SMILES string of the molecule is CCCNc1nc(C(CC)CC)nc(C2CC2)c1I. The zero-order chi connectivity index (χ0) is 13.8. The van der Waals surface area contributed by atoms with Gasteiger partial charge in [0.1, 0.15) is 11.6 Å². The zero-order valence-electron chi connectivity index (χ0n) is 12.2. The lowest BCUT2D eigenvalue weighted by Gasteiger charge is -2.16. The fourth-order valence-electron chi connectivity index (χ4n) is 2.31. The van der Waals surface area contributed by atoms with Crippen LogP contribution in [0, 0.1) is 3.57 Å². The average Bonchev–Trinajstić information content (AvgIpc) is 3.24. The number of nitrogens with zero attached hydrogens (tertiary/aromatic N) is 2. The van der Waals surface area contributed by atoms with Gasteiger partial charge >= 0.3 is 0 Å².